The molecule has 55 heavy (non-hydrogen) atoms. The third kappa shape index (κ3) is 5.30. The maximum Gasteiger partial charge on any atom is 0.305 e. The zero-order valence-electron chi connectivity index (χ0n) is 32.7. The van der Waals surface area contributed by atoms with Gasteiger partial charge >= 0.3 is 6.41 Å². The molecule has 7 heteroatoms. The smallest absolute Gasteiger partial charge is 0.305 e. The van der Waals surface area contributed by atoms with Crippen molar-refractivity contribution in [3.8, 4) is 39.9 Å². The molecular weight excluding hydrogens is 687 g/mol. The van der Waals surface area contributed by atoms with Gasteiger partial charge in [0.1, 0.15) is 17.2 Å². The molecule has 1 unspecified atom stereocenters. The molecule has 282 valence electrons. The fraction of sp³-hybridized carbons (Fsp3) is 0.375. The summed E-state index contributed by atoms with van der Waals surface area (Å²) in [6.07, 6.45) is 7.38. The van der Waals surface area contributed by atoms with Crippen LogP contribution in [0.3, 0.4) is 0 Å². The van der Waals surface area contributed by atoms with E-state index in [2.05, 4.69) is 105 Å². The second-order valence-corrected chi connectivity index (χ2v) is 17.6. The van der Waals surface area contributed by atoms with Gasteiger partial charge in [-0.05, 0) is 100 Å². The summed E-state index contributed by atoms with van der Waals surface area (Å²) in [6.45, 7) is 12.7. The number of morpholine rings is 1. The Morgan fingerprint density at radius 1 is 0.691 bits per heavy atom. The van der Waals surface area contributed by atoms with Crippen LogP contribution < -0.4 is 23.7 Å². The Morgan fingerprint density at radius 2 is 1.27 bits per heavy atom. The van der Waals surface area contributed by atoms with E-state index in [0.717, 1.165) is 82.1 Å². The van der Waals surface area contributed by atoms with Crippen LogP contribution in [0.25, 0.3) is 28.0 Å². The largest absolute Gasteiger partial charge is 0.497 e. The van der Waals surface area contributed by atoms with Crippen molar-refractivity contribution in [2.45, 2.75) is 64.4 Å². The molecule has 0 amide bonds. The van der Waals surface area contributed by atoms with Gasteiger partial charge in [-0.2, -0.15) is 0 Å². The number of nitrogens with zero attached hydrogens (tertiary/aromatic N) is 1. The Hall–Kier alpha value is -4.98. The Morgan fingerprint density at radius 3 is 1.87 bits per heavy atom. The van der Waals surface area contributed by atoms with Crippen LogP contribution in [-0.4, -0.2) is 51.8 Å². The van der Waals surface area contributed by atoms with E-state index in [1.54, 1.807) is 14.2 Å². The van der Waals surface area contributed by atoms with Crippen LogP contribution in [0.5, 0.6) is 28.7 Å². The number of ether oxygens (including phenoxy) is 6. The maximum atomic E-state index is 7.73. The second kappa shape index (κ2) is 12.3. The quantitative estimate of drug-likeness (QED) is 0.178. The van der Waals surface area contributed by atoms with Gasteiger partial charge in [-0.3, -0.25) is 0 Å². The molecule has 5 aromatic carbocycles. The SMILES string of the molecule is COc1ccc(C2(c3ccc(OC)cc3)C=Cc3c4c(c5cc6c(cc5c3O2)OC(N2CCOCC2)O6)-c2ccccc2C42CC(C)(C)CC(C)(C)C2)cc1. The highest BCUT2D eigenvalue weighted by molar-refractivity contribution is 6.09. The van der Waals surface area contributed by atoms with Gasteiger partial charge in [-0.25, -0.2) is 4.90 Å². The second-order valence-electron chi connectivity index (χ2n) is 17.6. The molecule has 0 aromatic heterocycles. The predicted molar refractivity (Wildman–Crippen MR) is 215 cm³/mol. The first kappa shape index (κ1) is 34.5. The topological polar surface area (TPSA) is 58.6 Å². The summed E-state index contributed by atoms with van der Waals surface area (Å²) in [5.74, 6) is 3.93. The number of hydrogen-bond donors (Lipinski definition) is 0. The van der Waals surface area contributed by atoms with Gasteiger partial charge in [0.05, 0.1) is 27.4 Å². The molecule has 1 saturated heterocycles. The normalized spacial score (nSPS) is 22.1. The maximum absolute atomic E-state index is 7.73. The van der Waals surface area contributed by atoms with Crippen LogP contribution in [0.4, 0.5) is 0 Å². The molecule has 1 atom stereocenters. The summed E-state index contributed by atoms with van der Waals surface area (Å²) in [5.41, 5.74) is 7.61. The van der Waals surface area contributed by atoms with Crippen molar-refractivity contribution in [1.29, 1.82) is 0 Å². The average Bonchev–Trinajstić information content (AvgIpc) is 3.73. The first-order chi connectivity index (χ1) is 26.5. The van der Waals surface area contributed by atoms with Crippen LogP contribution in [0, 0.1) is 10.8 Å². The third-order valence-corrected chi connectivity index (χ3v) is 12.7. The Labute approximate surface area is 323 Å². The highest BCUT2D eigenvalue weighted by atomic mass is 16.7. The van der Waals surface area contributed by atoms with Gasteiger partial charge < -0.3 is 28.4 Å². The fourth-order valence-electron chi connectivity index (χ4n) is 11.2. The molecule has 7 nitrogen and oxygen atoms in total. The molecule has 0 N–H and O–H groups in total. The van der Waals surface area contributed by atoms with E-state index in [9.17, 15) is 0 Å². The Bertz CT molecular complexity index is 2290. The molecule has 1 saturated carbocycles. The summed E-state index contributed by atoms with van der Waals surface area (Å²) >= 11 is 0. The molecule has 1 spiro atoms. The minimum Gasteiger partial charge on any atom is -0.497 e. The molecule has 2 aliphatic carbocycles. The molecule has 3 aliphatic heterocycles. The van der Waals surface area contributed by atoms with Crippen molar-refractivity contribution < 1.29 is 28.4 Å². The zero-order chi connectivity index (χ0) is 37.7. The van der Waals surface area contributed by atoms with Gasteiger partial charge in [0.15, 0.2) is 17.1 Å². The summed E-state index contributed by atoms with van der Waals surface area (Å²) in [7, 11) is 3.40. The minimum absolute atomic E-state index is 0.119. The van der Waals surface area contributed by atoms with E-state index in [4.69, 9.17) is 28.4 Å². The molecule has 0 radical (unpaired) electrons. The van der Waals surface area contributed by atoms with Crippen LogP contribution in [0.2, 0.25) is 0 Å². The lowest BCUT2D eigenvalue weighted by atomic mass is 9.52. The predicted octanol–water partition coefficient (Wildman–Crippen LogP) is 10.1. The van der Waals surface area contributed by atoms with E-state index in [1.165, 1.54) is 28.7 Å². The summed E-state index contributed by atoms with van der Waals surface area (Å²) in [6, 6.07) is 30.0. The van der Waals surface area contributed by atoms with E-state index >= 15 is 0 Å². The number of rotatable bonds is 5. The summed E-state index contributed by atoms with van der Waals surface area (Å²) in [4.78, 5) is 2.21. The van der Waals surface area contributed by atoms with Gasteiger partial charge in [-0.1, -0.05) is 82.3 Å². The molecule has 3 heterocycles. The Kier molecular flexibility index (Phi) is 7.69. The Balaban J connectivity index is 1.26. The van der Waals surface area contributed by atoms with Gasteiger partial charge in [0, 0.05) is 40.6 Å². The average molecular weight is 736 g/mol. The highest BCUT2D eigenvalue weighted by Crippen LogP contribution is 2.67. The summed E-state index contributed by atoms with van der Waals surface area (Å²) in [5, 5.41) is 2.13. The van der Waals surface area contributed by atoms with Gasteiger partial charge in [0.2, 0.25) is 0 Å². The minimum atomic E-state index is -0.941. The van der Waals surface area contributed by atoms with E-state index in [-0.39, 0.29) is 16.2 Å². The van der Waals surface area contributed by atoms with E-state index in [0.29, 0.717) is 13.2 Å². The van der Waals surface area contributed by atoms with Crippen molar-refractivity contribution in [1.82, 2.24) is 4.90 Å². The molecule has 10 rings (SSSR count). The highest BCUT2D eigenvalue weighted by Gasteiger charge is 2.55. The van der Waals surface area contributed by atoms with Crippen molar-refractivity contribution in [2.75, 3.05) is 40.5 Å². The number of hydrogen-bond acceptors (Lipinski definition) is 7. The van der Waals surface area contributed by atoms with E-state index in [1.807, 2.05) is 24.3 Å². The first-order valence-corrected chi connectivity index (χ1v) is 19.6. The van der Waals surface area contributed by atoms with Crippen molar-refractivity contribution >= 4 is 16.8 Å². The van der Waals surface area contributed by atoms with Gasteiger partial charge in [-0.15, -0.1) is 0 Å². The van der Waals surface area contributed by atoms with Crippen LogP contribution in [0.15, 0.2) is 91.0 Å². The molecule has 0 bridgehead atoms. The standard InChI is InChI=1S/C48H49NO6/c1-45(2)27-46(3,4)29-47(28-45)38-10-8-7-9-34(38)41-36-25-39-40(54-44(53-39)49-21-23-52-24-22-49)26-37(36)43-35(42(41)47)19-20-48(55-43,30-11-15-32(50-5)16-12-30)31-13-17-33(51-6)18-14-31/h7-20,25-26,44H,21-24,27-29H2,1-6H3. The van der Waals surface area contributed by atoms with Crippen molar-refractivity contribution in [3.05, 3.63) is 119 Å². The van der Waals surface area contributed by atoms with Crippen molar-refractivity contribution in [3.63, 3.8) is 0 Å². The third-order valence-electron chi connectivity index (χ3n) is 12.7. The first-order valence-electron chi connectivity index (χ1n) is 19.6. The lowest BCUT2D eigenvalue weighted by Crippen LogP contribution is -2.47. The fourth-order valence-corrected chi connectivity index (χ4v) is 11.2. The van der Waals surface area contributed by atoms with E-state index < -0.39 is 12.0 Å². The number of fused-ring (bicyclic) bond motifs is 11. The zero-order valence-corrected chi connectivity index (χ0v) is 32.7. The molecule has 2 fully saturated rings. The molecule has 5 aromatic rings. The lowest BCUT2D eigenvalue weighted by Gasteiger charge is -2.52. The summed E-state index contributed by atoms with van der Waals surface area (Å²) < 4.78 is 37.8. The van der Waals surface area contributed by atoms with Crippen molar-refractivity contribution in [2.24, 2.45) is 10.8 Å². The van der Waals surface area contributed by atoms with Crippen LogP contribution >= 0.6 is 0 Å². The number of methoxy groups -OCH3 is 2. The van der Waals surface area contributed by atoms with Crippen LogP contribution in [-0.2, 0) is 15.8 Å². The monoisotopic (exact) mass is 735 g/mol. The lowest BCUT2D eigenvalue weighted by molar-refractivity contribution is -0.121. The molecule has 5 aliphatic rings. The van der Waals surface area contributed by atoms with Crippen LogP contribution in [0.1, 0.15) is 74.8 Å². The number of benzene rings is 5. The van der Waals surface area contributed by atoms with Gasteiger partial charge in [0.25, 0.3) is 0 Å². The molecular formula is C48H49NO6.